The Morgan fingerprint density at radius 3 is 2.46 bits per heavy atom. The molecule has 11 heteroatoms. The van der Waals surface area contributed by atoms with Crippen LogP contribution >= 0.6 is 0 Å². The Hall–Kier alpha value is -3.70. The molecule has 6 N–H and O–H groups in total. The Labute approximate surface area is 202 Å². The summed E-state index contributed by atoms with van der Waals surface area (Å²) in [6, 6.07) is 7.14. The molecule has 2 aliphatic rings. The van der Waals surface area contributed by atoms with Crippen LogP contribution in [0.3, 0.4) is 0 Å². The van der Waals surface area contributed by atoms with Crippen molar-refractivity contribution in [3.8, 4) is 0 Å². The topological polar surface area (TPSA) is 183 Å². The zero-order chi connectivity index (χ0) is 25.5. The van der Waals surface area contributed by atoms with Gasteiger partial charge in [-0.1, -0.05) is 36.4 Å². The molecule has 3 rings (SSSR count). The van der Waals surface area contributed by atoms with Crippen molar-refractivity contribution in [2.24, 2.45) is 29.0 Å². The minimum Gasteiger partial charge on any atom is -0.466 e. The van der Waals surface area contributed by atoms with E-state index in [1.807, 2.05) is 30.3 Å². The van der Waals surface area contributed by atoms with E-state index in [-0.39, 0.29) is 12.2 Å². The number of hydrogen-bond donors (Lipinski definition) is 3. The lowest BCUT2D eigenvalue weighted by Gasteiger charge is -2.34. The minimum atomic E-state index is -1.27. The van der Waals surface area contributed by atoms with Crippen LogP contribution in [0, 0.1) is 11.8 Å². The van der Waals surface area contributed by atoms with E-state index >= 15 is 0 Å². The van der Waals surface area contributed by atoms with Crippen LogP contribution in [-0.2, 0) is 44.5 Å². The Balaban J connectivity index is 1.69. The van der Waals surface area contributed by atoms with Crippen LogP contribution in [0.25, 0.3) is 0 Å². The standard InChI is InChI=1S/C24H29N3O8/c1-32-21(29)16-12-34-24(35-23(31)18(26)10-19(27)28)20-14(7-8-15(16)20)11-33-22(30)17(25)9-13-5-3-2-4-6-13/h2-7,12,15,17-18,20,24H,8-11,25-26H2,1H3,(H2,27,28)/t15-,17+,18+,20-,24+/m1/s1. The number of carbonyl (C=O) groups excluding carboxylic acids is 4. The van der Waals surface area contributed by atoms with Crippen LogP contribution in [0.5, 0.6) is 0 Å². The zero-order valence-electron chi connectivity index (χ0n) is 19.3. The SMILES string of the molecule is COC(=O)C1=CO[C@@H](OC(=O)[C@@H](N)CC(N)=O)[C@@H]2C(COC(=O)[C@@H](N)Cc3ccccc3)=CC[C@H]12. The van der Waals surface area contributed by atoms with Crippen LogP contribution in [-0.4, -0.2) is 55.9 Å². The minimum absolute atomic E-state index is 0.137. The first-order chi connectivity index (χ1) is 16.7. The van der Waals surface area contributed by atoms with E-state index in [0.29, 0.717) is 18.4 Å². The number of esters is 3. The fraction of sp³-hybridized carbons (Fsp3) is 0.417. The highest BCUT2D eigenvalue weighted by Gasteiger charge is 2.46. The smallest absolute Gasteiger partial charge is 0.337 e. The molecular weight excluding hydrogens is 458 g/mol. The molecule has 0 aromatic heterocycles. The Morgan fingerprint density at radius 1 is 1.09 bits per heavy atom. The number of fused-ring (bicyclic) bond motifs is 1. The van der Waals surface area contributed by atoms with Crippen molar-refractivity contribution < 1.29 is 38.1 Å². The van der Waals surface area contributed by atoms with E-state index in [4.69, 9.17) is 36.1 Å². The van der Waals surface area contributed by atoms with Gasteiger partial charge >= 0.3 is 17.9 Å². The lowest BCUT2D eigenvalue weighted by atomic mass is 9.83. The second-order valence-electron chi connectivity index (χ2n) is 8.33. The number of ether oxygens (including phenoxy) is 4. The summed E-state index contributed by atoms with van der Waals surface area (Å²) in [5.74, 6) is -3.92. The molecule has 1 aliphatic heterocycles. The highest BCUT2D eigenvalue weighted by atomic mass is 16.7. The van der Waals surface area contributed by atoms with Crippen LogP contribution < -0.4 is 17.2 Å². The van der Waals surface area contributed by atoms with E-state index in [0.717, 1.165) is 5.56 Å². The number of carbonyl (C=O) groups is 4. The molecular formula is C24H29N3O8. The number of benzene rings is 1. The largest absolute Gasteiger partial charge is 0.466 e. The number of amides is 1. The number of hydrogen-bond acceptors (Lipinski definition) is 10. The third kappa shape index (κ3) is 6.46. The van der Waals surface area contributed by atoms with E-state index in [1.165, 1.54) is 13.4 Å². The van der Waals surface area contributed by atoms with Gasteiger partial charge in [0.25, 0.3) is 6.29 Å². The molecule has 0 bridgehead atoms. The summed E-state index contributed by atoms with van der Waals surface area (Å²) in [6.45, 7) is -0.137. The second-order valence-corrected chi connectivity index (χ2v) is 8.33. The van der Waals surface area contributed by atoms with Crippen molar-refractivity contribution in [1.29, 1.82) is 0 Å². The number of methoxy groups -OCH3 is 1. The molecule has 35 heavy (non-hydrogen) atoms. The number of primary amides is 1. The summed E-state index contributed by atoms with van der Waals surface area (Å²) in [4.78, 5) is 48.2. The lowest BCUT2D eigenvalue weighted by Crippen LogP contribution is -2.44. The van der Waals surface area contributed by atoms with Gasteiger partial charge < -0.3 is 36.1 Å². The van der Waals surface area contributed by atoms with Crippen LogP contribution in [0.15, 0.2) is 53.8 Å². The molecule has 11 nitrogen and oxygen atoms in total. The fourth-order valence-electron chi connectivity index (χ4n) is 4.11. The summed E-state index contributed by atoms with van der Waals surface area (Å²) < 4.78 is 21.2. The van der Waals surface area contributed by atoms with Crippen LogP contribution in [0.4, 0.5) is 0 Å². The van der Waals surface area contributed by atoms with Gasteiger partial charge in [0.15, 0.2) is 0 Å². The maximum Gasteiger partial charge on any atom is 0.337 e. The fourth-order valence-corrected chi connectivity index (χ4v) is 4.11. The third-order valence-electron chi connectivity index (χ3n) is 5.88. The molecule has 1 heterocycles. The first-order valence-electron chi connectivity index (χ1n) is 11.0. The quantitative estimate of drug-likeness (QED) is 0.227. The van der Waals surface area contributed by atoms with Crippen molar-refractivity contribution in [2.75, 3.05) is 13.7 Å². The van der Waals surface area contributed by atoms with Crippen LogP contribution in [0.2, 0.25) is 0 Å². The molecule has 0 unspecified atom stereocenters. The van der Waals surface area contributed by atoms with E-state index in [9.17, 15) is 19.2 Å². The Kier molecular flexibility index (Phi) is 8.61. The van der Waals surface area contributed by atoms with Gasteiger partial charge in [-0.3, -0.25) is 14.4 Å². The maximum absolute atomic E-state index is 12.5. The summed E-state index contributed by atoms with van der Waals surface area (Å²) in [7, 11) is 1.24. The average Bonchev–Trinajstić information content (AvgIpc) is 3.26. The maximum atomic E-state index is 12.5. The van der Waals surface area contributed by atoms with Gasteiger partial charge in [-0.25, -0.2) is 4.79 Å². The van der Waals surface area contributed by atoms with Gasteiger partial charge in [0.2, 0.25) is 5.91 Å². The van der Waals surface area contributed by atoms with E-state index in [1.54, 1.807) is 6.08 Å². The van der Waals surface area contributed by atoms with Gasteiger partial charge in [-0.15, -0.1) is 0 Å². The zero-order valence-corrected chi connectivity index (χ0v) is 19.3. The molecule has 1 aromatic carbocycles. The van der Waals surface area contributed by atoms with Crippen molar-refractivity contribution in [3.63, 3.8) is 0 Å². The number of allylic oxidation sites excluding steroid dienone is 1. The molecule has 1 amide bonds. The molecule has 0 spiro atoms. The summed E-state index contributed by atoms with van der Waals surface area (Å²) in [6.07, 6.45) is 2.12. The molecule has 1 aromatic rings. The van der Waals surface area contributed by atoms with Crippen molar-refractivity contribution in [3.05, 3.63) is 59.4 Å². The molecule has 0 saturated heterocycles. The molecule has 188 valence electrons. The Morgan fingerprint density at radius 2 is 1.80 bits per heavy atom. The van der Waals surface area contributed by atoms with Gasteiger partial charge in [-0.2, -0.15) is 0 Å². The molecule has 0 saturated carbocycles. The van der Waals surface area contributed by atoms with Gasteiger partial charge in [-0.05, 0) is 24.0 Å². The average molecular weight is 488 g/mol. The van der Waals surface area contributed by atoms with Gasteiger partial charge in [0.05, 0.1) is 31.3 Å². The highest BCUT2D eigenvalue weighted by molar-refractivity contribution is 5.89. The monoisotopic (exact) mass is 487 g/mol. The first kappa shape index (κ1) is 25.9. The number of rotatable bonds is 10. The first-order valence-corrected chi connectivity index (χ1v) is 11.0. The van der Waals surface area contributed by atoms with Gasteiger partial charge in [0.1, 0.15) is 18.7 Å². The van der Waals surface area contributed by atoms with Crippen molar-refractivity contribution in [1.82, 2.24) is 0 Å². The third-order valence-corrected chi connectivity index (χ3v) is 5.88. The van der Waals surface area contributed by atoms with Gasteiger partial charge in [0, 0.05) is 5.92 Å². The molecule has 5 atom stereocenters. The summed E-state index contributed by atoms with van der Waals surface area (Å²) in [5.41, 5.74) is 18.5. The predicted molar refractivity (Wildman–Crippen MR) is 122 cm³/mol. The van der Waals surface area contributed by atoms with E-state index < -0.39 is 60.4 Å². The molecule has 0 radical (unpaired) electrons. The normalized spacial score (nSPS) is 22.4. The van der Waals surface area contributed by atoms with Crippen molar-refractivity contribution in [2.45, 2.75) is 37.6 Å². The second kappa shape index (κ2) is 11.6. The summed E-state index contributed by atoms with van der Waals surface area (Å²) in [5, 5.41) is 0. The predicted octanol–water partition coefficient (Wildman–Crippen LogP) is -0.179. The number of nitrogens with two attached hydrogens (primary N) is 3. The Bertz CT molecular complexity index is 1020. The molecule has 0 fully saturated rings. The lowest BCUT2D eigenvalue weighted by molar-refractivity contribution is -0.184. The van der Waals surface area contributed by atoms with Crippen LogP contribution in [0.1, 0.15) is 18.4 Å². The summed E-state index contributed by atoms with van der Waals surface area (Å²) >= 11 is 0. The highest BCUT2D eigenvalue weighted by Crippen LogP contribution is 2.44. The molecule has 1 aliphatic carbocycles. The van der Waals surface area contributed by atoms with Crippen molar-refractivity contribution >= 4 is 23.8 Å². The van der Waals surface area contributed by atoms with E-state index in [2.05, 4.69) is 0 Å².